The SMILES string of the molecule is C[C@H](N)c1ccc(OC(C)(C)C)cn1. The molecule has 0 saturated carbocycles. The van der Waals surface area contributed by atoms with Gasteiger partial charge >= 0.3 is 0 Å². The summed E-state index contributed by atoms with van der Waals surface area (Å²) in [6.45, 7) is 7.93. The predicted octanol–water partition coefficient (Wildman–Crippen LogP) is 2.28. The summed E-state index contributed by atoms with van der Waals surface area (Å²) in [6, 6.07) is 3.77. The van der Waals surface area contributed by atoms with E-state index < -0.39 is 0 Å². The third kappa shape index (κ3) is 3.34. The van der Waals surface area contributed by atoms with Crippen molar-refractivity contribution in [3.05, 3.63) is 24.0 Å². The Balaban J connectivity index is 2.74. The molecule has 3 heteroatoms. The van der Waals surface area contributed by atoms with Crippen LogP contribution in [0.3, 0.4) is 0 Å². The highest BCUT2D eigenvalue weighted by Gasteiger charge is 2.11. The summed E-state index contributed by atoms with van der Waals surface area (Å²) in [5, 5.41) is 0. The van der Waals surface area contributed by atoms with Crippen molar-refractivity contribution in [3.63, 3.8) is 0 Å². The van der Waals surface area contributed by atoms with E-state index in [1.807, 2.05) is 39.8 Å². The summed E-state index contributed by atoms with van der Waals surface area (Å²) in [7, 11) is 0. The van der Waals surface area contributed by atoms with Crippen LogP contribution in [0.2, 0.25) is 0 Å². The van der Waals surface area contributed by atoms with Gasteiger partial charge in [-0.2, -0.15) is 0 Å². The van der Waals surface area contributed by atoms with Crippen molar-refractivity contribution in [2.45, 2.75) is 39.3 Å². The van der Waals surface area contributed by atoms with Gasteiger partial charge in [0.25, 0.3) is 0 Å². The van der Waals surface area contributed by atoms with Crippen LogP contribution in [-0.2, 0) is 0 Å². The van der Waals surface area contributed by atoms with Crippen LogP contribution in [-0.4, -0.2) is 10.6 Å². The largest absolute Gasteiger partial charge is 0.487 e. The van der Waals surface area contributed by atoms with Crippen molar-refractivity contribution in [1.29, 1.82) is 0 Å². The van der Waals surface area contributed by atoms with Gasteiger partial charge < -0.3 is 10.5 Å². The number of pyridine rings is 1. The molecule has 0 amide bonds. The first-order valence-electron chi connectivity index (χ1n) is 4.79. The molecule has 2 N–H and O–H groups in total. The van der Waals surface area contributed by atoms with Crippen LogP contribution in [0.15, 0.2) is 18.3 Å². The van der Waals surface area contributed by atoms with E-state index in [1.54, 1.807) is 6.20 Å². The summed E-state index contributed by atoms with van der Waals surface area (Å²) in [6.07, 6.45) is 1.71. The van der Waals surface area contributed by atoms with Gasteiger partial charge in [-0.15, -0.1) is 0 Å². The lowest BCUT2D eigenvalue weighted by Crippen LogP contribution is -2.23. The standard InChI is InChI=1S/C11H18N2O/c1-8(12)10-6-5-9(7-13-10)14-11(2,3)4/h5-8H,12H2,1-4H3/t8-/m0/s1. The third-order valence-electron chi connectivity index (χ3n) is 1.65. The monoisotopic (exact) mass is 194 g/mol. The quantitative estimate of drug-likeness (QED) is 0.785. The molecule has 0 aromatic carbocycles. The molecule has 0 fully saturated rings. The lowest BCUT2D eigenvalue weighted by Gasteiger charge is -2.21. The molecular formula is C11H18N2O. The van der Waals surface area contributed by atoms with Crippen LogP contribution in [0.25, 0.3) is 0 Å². The smallest absolute Gasteiger partial charge is 0.138 e. The number of nitrogens with two attached hydrogens (primary N) is 1. The molecule has 78 valence electrons. The van der Waals surface area contributed by atoms with Gasteiger partial charge in [0, 0.05) is 6.04 Å². The van der Waals surface area contributed by atoms with E-state index in [0.717, 1.165) is 11.4 Å². The van der Waals surface area contributed by atoms with Gasteiger partial charge in [0.1, 0.15) is 11.4 Å². The Hall–Kier alpha value is -1.09. The van der Waals surface area contributed by atoms with E-state index in [9.17, 15) is 0 Å². The van der Waals surface area contributed by atoms with Crippen LogP contribution < -0.4 is 10.5 Å². The third-order valence-corrected chi connectivity index (χ3v) is 1.65. The lowest BCUT2D eigenvalue weighted by molar-refractivity contribution is 0.130. The van der Waals surface area contributed by atoms with Gasteiger partial charge in [0.2, 0.25) is 0 Å². The molecule has 0 unspecified atom stereocenters. The highest BCUT2D eigenvalue weighted by atomic mass is 16.5. The zero-order valence-corrected chi connectivity index (χ0v) is 9.24. The first-order chi connectivity index (χ1) is 6.38. The minimum atomic E-state index is -0.183. The zero-order valence-electron chi connectivity index (χ0n) is 9.24. The fourth-order valence-corrected chi connectivity index (χ4v) is 1.08. The molecule has 0 bridgehead atoms. The van der Waals surface area contributed by atoms with E-state index in [4.69, 9.17) is 10.5 Å². The fourth-order valence-electron chi connectivity index (χ4n) is 1.08. The Morgan fingerprint density at radius 1 is 1.36 bits per heavy atom. The molecular weight excluding hydrogens is 176 g/mol. The molecule has 0 aliphatic heterocycles. The molecule has 1 aromatic rings. The Kier molecular flexibility index (Phi) is 3.11. The van der Waals surface area contributed by atoms with Gasteiger partial charge in [0.15, 0.2) is 0 Å². The fraction of sp³-hybridized carbons (Fsp3) is 0.545. The summed E-state index contributed by atoms with van der Waals surface area (Å²) in [4.78, 5) is 4.21. The number of nitrogens with zero attached hydrogens (tertiary/aromatic N) is 1. The molecule has 1 heterocycles. The molecule has 14 heavy (non-hydrogen) atoms. The molecule has 1 rings (SSSR count). The molecule has 0 aliphatic carbocycles. The number of rotatable bonds is 2. The molecule has 0 aliphatic rings. The van der Waals surface area contributed by atoms with E-state index in [1.165, 1.54) is 0 Å². The molecule has 1 atom stereocenters. The number of ether oxygens (including phenoxy) is 1. The van der Waals surface area contributed by atoms with Gasteiger partial charge in [-0.25, -0.2) is 0 Å². The summed E-state index contributed by atoms with van der Waals surface area (Å²) in [5.74, 6) is 0.780. The minimum absolute atomic E-state index is 0.0290. The van der Waals surface area contributed by atoms with Crippen LogP contribution in [0.1, 0.15) is 39.4 Å². The van der Waals surface area contributed by atoms with E-state index >= 15 is 0 Å². The molecule has 1 aromatic heterocycles. The van der Waals surface area contributed by atoms with Crippen molar-refractivity contribution in [3.8, 4) is 5.75 Å². The maximum absolute atomic E-state index is 5.69. The number of hydrogen-bond donors (Lipinski definition) is 1. The molecule has 0 saturated heterocycles. The lowest BCUT2D eigenvalue weighted by atomic mass is 10.2. The summed E-state index contributed by atoms with van der Waals surface area (Å²) < 4.78 is 5.63. The summed E-state index contributed by atoms with van der Waals surface area (Å²) >= 11 is 0. The topological polar surface area (TPSA) is 48.1 Å². The highest BCUT2D eigenvalue weighted by Crippen LogP contribution is 2.18. The van der Waals surface area contributed by atoms with Gasteiger partial charge in [0.05, 0.1) is 11.9 Å². The van der Waals surface area contributed by atoms with Gasteiger partial charge in [-0.1, -0.05) is 0 Å². The predicted molar refractivity (Wildman–Crippen MR) is 57.2 cm³/mol. The summed E-state index contributed by atoms with van der Waals surface area (Å²) in [5.41, 5.74) is 6.39. The highest BCUT2D eigenvalue weighted by molar-refractivity contribution is 5.21. The Morgan fingerprint density at radius 3 is 2.36 bits per heavy atom. The number of aromatic nitrogens is 1. The Bertz CT molecular complexity index is 285. The number of hydrogen-bond acceptors (Lipinski definition) is 3. The first kappa shape index (κ1) is 11.0. The molecule has 0 radical (unpaired) electrons. The second-order valence-electron chi connectivity index (χ2n) is 4.42. The zero-order chi connectivity index (χ0) is 10.8. The van der Waals surface area contributed by atoms with Crippen molar-refractivity contribution in [2.75, 3.05) is 0 Å². The maximum Gasteiger partial charge on any atom is 0.138 e. The average molecular weight is 194 g/mol. The molecule has 0 spiro atoms. The van der Waals surface area contributed by atoms with Crippen molar-refractivity contribution in [1.82, 2.24) is 4.98 Å². The van der Waals surface area contributed by atoms with Gasteiger partial charge in [-0.05, 0) is 39.8 Å². The minimum Gasteiger partial charge on any atom is -0.487 e. The van der Waals surface area contributed by atoms with E-state index in [-0.39, 0.29) is 11.6 Å². The van der Waals surface area contributed by atoms with Crippen molar-refractivity contribution >= 4 is 0 Å². The first-order valence-corrected chi connectivity index (χ1v) is 4.79. The van der Waals surface area contributed by atoms with Crippen molar-refractivity contribution in [2.24, 2.45) is 5.73 Å². The van der Waals surface area contributed by atoms with Crippen LogP contribution in [0.4, 0.5) is 0 Å². The van der Waals surface area contributed by atoms with Gasteiger partial charge in [-0.3, -0.25) is 4.98 Å². The van der Waals surface area contributed by atoms with E-state index in [2.05, 4.69) is 4.98 Å². The normalized spacial score (nSPS) is 13.8. The van der Waals surface area contributed by atoms with Crippen LogP contribution in [0.5, 0.6) is 5.75 Å². The van der Waals surface area contributed by atoms with Crippen LogP contribution in [0, 0.1) is 0 Å². The maximum atomic E-state index is 5.69. The van der Waals surface area contributed by atoms with Crippen LogP contribution >= 0.6 is 0 Å². The molecule has 3 nitrogen and oxygen atoms in total. The van der Waals surface area contributed by atoms with E-state index in [0.29, 0.717) is 0 Å². The van der Waals surface area contributed by atoms with Crippen molar-refractivity contribution < 1.29 is 4.74 Å². The average Bonchev–Trinajstić information content (AvgIpc) is 2.02. The Labute approximate surface area is 85.3 Å². The second kappa shape index (κ2) is 3.96. The Morgan fingerprint density at radius 2 is 2.00 bits per heavy atom. The second-order valence-corrected chi connectivity index (χ2v) is 4.42.